The van der Waals surface area contributed by atoms with E-state index in [2.05, 4.69) is 16.7 Å². The van der Waals surface area contributed by atoms with Gasteiger partial charge in [-0.15, -0.1) is 0 Å². The number of phenolic OH excluding ortho intramolecular Hbond substituents is 1. The molecule has 0 fully saturated rings. The van der Waals surface area contributed by atoms with E-state index in [1.165, 1.54) is 6.92 Å². The van der Waals surface area contributed by atoms with E-state index >= 15 is 0 Å². The summed E-state index contributed by atoms with van der Waals surface area (Å²) in [7, 11) is 0. The van der Waals surface area contributed by atoms with Gasteiger partial charge in [-0.2, -0.15) is 5.26 Å². The van der Waals surface area contributed by atoms with E-state index in [1.54, 1.807) is 24.3 Å². The Morgan fingerprint density at radius 2 is 2.06 bits per heavy atom. The van der Waals surface area contributed by atoms with Gasteiger partial charge in [0.25, 0.3) is 0 Å². The number of nitrogens with zero attached hydrogens (tertiary/aromatic N) is 1. The van der Waals surface area contributed by atoms with Crippen molar-refractivity contribution in [3.05, 3.63) is 29.8 Å². The van der Waals surface area contributed by atoms with Gasteiger partial charge in [-0.1, -0.05) is 12.1 Å². The van der Waals surface area contributed by atoms with E-state index in [-0.39, 0.29) is 17.7 Å². The maximum absolute atomic E-state index is 10.8. The second-order valence-electron chi connectivity index (χ2n) is 4.16. The summed E-state index contributed by atoms with van der Waals surface area (Å²) >= 11 is 0. The fourth-order valence-electron chi connectivity index (χ4n) is 1.60. The van der Waals surface area contributed by atoms with Crippen LogP contribution in [0.1, 0.15) is 25.5 Å². The second kappa shape index (κ2) is 6.62. The van der Waals surface area contributed by atoms with E-state index in [0.717, 1.165) is 5.56 Å². The Balaban J connectivity index is 2.55. The Bertz CT molecular complexity index is 437. The molecule has 0 saturated carbocycles. The van der Waals surface area contributed by atoms with Crippen LogP contribution in [0.3, 0.4) is 0 Å². The largest absolute Gasteiger partial charge is 0.508 e. The highest BCUT2D eigenvalue weighted by atomic mass is 16.3. The van der Waals surface area contributed by atoms with Crippen LogP contribution in [-0.4, -0.2) is 23.6 Å². The third-order valence-corrected chi connectivity index (χ3v) is 2.43. The van der Waals surface area contributed by atoms with Crippen molar-refractivity contribution in [3.63, 3.8) is 0 Å². The third kappa shape index (κ3) is 4.44. The molecule has 18 heavy (non-hydrogen) atoms. The molecule has 3 N–H and O–H groups in total. The van der Waals surface area contributed by atoms with Crippen LogP contribution in [0.2, 0.25) is 0 Å². The number of hydrogen-bond donors (Lipinski definition) is 3. The fourth-order valence-corrected chi connectivity index (χ4v) is 1.60. The van der Waals surface area contributed by atoms with Crippen molar-refractivity contribution in [2.75, 3.05) is 6.54 Å². The zero-order valence-electron chi connectivity index (χ0n) is 10.5. The molecule has 0 saturated heterocycles. The van der Waals surface area contributed by atoms with Gasteiger partial charge in [-0.25, -0.2) is 0 Å². The second-order valence-corrected chi connectivity index (χ2v) is 4.16. The van der Waals surface area contributed by atoms with Crippen LogP contribution in [0.15, 0.2) is 24.3 Å². The molecule has 0 spiro atoms. The SMILES string of the molecule is CC(=O)NC(C)CNC(C#N)c1ccc(O)cc1. The minimum absolute atomic E-state index is 0.0459. The Labute approximate surface area is 106 Å². The number of amides is 1. The van der Waals surface area contributed by atoms with Crippen molar-refractivity contribution >= 4 is 5.91 Å². The smallest absolute Gasteiger partial charge is 0.217 e. The van der Waals surface area contributed by atoms with Gasteiger partial charge in [-0.3, -0.25) is 10.1 Å². The summed E-state index contributed by atoms with van der Waals surface area (Å²) in [4.78, 5) is 10.8. The van der Waals surface area contributed by atoms with Gasteiger partial charge in [0.1, 0.15) is 11.8 Å². The van der Waals surface area contributed by atoms with Crippen molar-refractivity contribution in [1.82, 2.24) is 10.6 Å². The van der Waals surface area contributed by atoms with Gasteiger partial charge >= 0.3 is 0 Å². The highest BCUT2D eigenvalue weighted by Gasteiger charge is 2.11. The summed E-state index contributed by atoms with van der Waals surface area (Å²) < 4.78 is 0. The van der Waals surface area contributed by atoms with Gasteiger partial charge in [0.15, 0.2) is 0 Å². The molecule has 1 aromatic rings. The zero-order valence-corrected chi connectivity index (χ0v) is 10.5. The number of hydrogen-bond acceptors (Lipinski definition) is 4. The lowest BCUT2D eigenvalue weighted by Crippen LogP contribution is -2.39. The molecule has 1 amide bonds. The number of aromatic hydroxyl groups is 1. The van der Waals surface area contributed by atoms with Crippen LogP contribution in [0, 0.1) is 11.3 Å². The first-order chi connectivity index (χ1) is 8.52. The molecule has 0 bridgehead atoms. The van der Waals surface area contributed by atoms with Crippen LogP contribution in [-0.2, 0) is 4.79 Å². The van der Waals surface area contributed by atoms with E-state index in [4.69, 9.17) is 5.26 Å². The molecule has 1 aromatic carbocycles. The normalized spacial score (nSPS) is 13.4. The molecule has 0 radical (unpaired) electrons. The summed E-state index contributed by atoms with van der Waals surface area (Å²) in [6.45, 7) is 3.82. The van der Waals surface area contributed by atoms with E-state index in [0.29, 0.717) is 6.54 Å². The van der Waals surface area contributed by atoms with Crippen LogP contribution in [0.25, 0.3) is 0 Å². The average molecular weight is 247 g/mol. The van der Waals surface area contributed by atoms with E-state index in [1.807, 2.05) is 6.92 Å². The highest BCUT2D eigenvalue weighted by Crippen LogP contribution is 2.16. The number of carbonyl (C=O) groups excluding carboxylic acids is 1. The fraction of sp³-hybridized carbons (Fsp3) is 0.385. The first kappa shape index (κ1) is 14.0. The minimum atomic E-state index is -0.457. The molecule has 5 nitrogen and oxygen atoms in total. The van der Waals surface area contributed by atoms with Crippen molar-refractivity contribution in [3.8, 4) is 11.8 Å². The Morgan fingerprint density at radius 3 is 2.56 bits per heavy atom. The van der Waals surface area contributed by atoms with Crippen molar-refractivity contribution in [2.45, 2.75) is 25.9 Å². The van der Waals surface area contributed by atoms with E-state index in [9.17, 15) is 9.90 Å². The number of carbonyl (C=O) groups is 1. The molecule has 0 aliphatic rings. The predicted molar refractivity (Wildman–Crippen MR) is 67.7 cm³/mol. The first-order valence-electron chi connectivity index (χ1n) is 5.72. The molecule has 0 aliphatic carbocycles. The third-order valence-electron chi connectivity index (χ3n) is 2.43. The summed E-state index contributed by atoms with van der Waals surface area (Å²) in [5.74, 6) is 0.0736. The summed E-state index contributed by atoms with van der Waals surface area (Å²) in [6.07, 6.45) is 0. The number of nitriles is 1. The van der Waals surface area contributed by atoms with Crippen molar-refractivity contribution < 1.29 is 9.90 Å². The predicted octanol–water partition coefficient (Wildman–Crippen LogP) is 1.07. The molecule has 96 valence electrons. The monoisotopic (exact) mass is 247 g/mol. The lowest BCUT2D eigenvalue weighted by molar-refractivity contribution is -0.119. The number of nitrogens with one attached hydrogen (secondary N) is 2. The van der Waals surface area contributed by atoms with Crippen LogP contribution >= 0.6 is 0 Å². The molecule has 0 heterocycles. The maximum atomic E-state index is 10.8. The molecule has 5 heteroatoms. The lowest BCUT2D eigenvalue weighted by Gasteiger charge is -2.17. The maximum Gasteiger partial charge on any atom is 0.217 e. The number of rotatable bonds is 5. The minimum Gasteiger partial charge on any atom is -0.508 e. The number of benzene rings is 1. The summed E-state index contributed by atoms with van der Waals surface area (Å²) in [5, 5.41) is 24.0. The standard InChI is InChI=1S/C13H17N3O2/c1-9(16-10(2)17)8-15-13(7-14)11-3-5-12(18)6-4-11/h3-6,9,13,15,18H,8H2,1-2H3,(H,16,17). The van der Waals surface area contributed by atoms with Crippen LogP contribution in [0.4, 0.5) is 0 Å². The van der Waals surface area contributed by atoms with Crippen LogP contribution < -0.4 is 10.6 Å². The number of phenols is 1. The summed E-state index contributed by atoms with van der Waals surface area (Å²) in [6, 6.07) is 8.11. The summed E-state index contributed by atoms with van der Waals surface area (Å²) in [5.41, 5.74) is 0.783. The highest BCUT2D eigenvalue weighted by molar-refractivity contribution is 5.73. The van der Waals surface area contributed by atoms with Gasteiger partial charge in [0, 0.05) is 19.5 Å². The quantitative estimate of drug-likeness (QED) is 0.726. The van der Waals surface area contributed by atoms with E-state index < -0.39 is 6.04 Å². The molecule has 2 unspecified atom stereocenters. The van der Waals surface area contributed by atoms with Crippen molar-refractivity contribution in [1.29, 1.82) is 5.26 Å². The zero-order chi connectivity index (χ0) is 13.5. The van der Waals surface area contributed by atoms with Gasteiger partial charge < -0.3 is 10.4 Å². The van der Waals surface area contributed by atoms with Gasteiger partial charge in [-0.05, 0) is 24.6 Å². The Hall–Kier alpha value is -2.06. The Morgan fingerprint density at radius 1 is 1.44 bits per heavy atom. The molecule has 1 rings (SSSR count). The molecule has 0 aliphatic heterocycles. The molecular formula is C13H17N3O2. The molecule has 2 atom stereocenters. The lowest BCUT2D eigenvalue weighted by atomic mass is 10.1. The van der Waals surface area contributed by atoms with Gasteiger partial charge in [0.2, 0.25) is 5.91 Å². The van der Waals surface area contributed by atoms with Crippen molar-refractivity contribution in [2.24, 2.45) is 0 Å². The molecular weight excluding hydrogens is 230 g/mol. The average Bonchev–Trinajstić information content (AvgIpc) is 2.31. The van der Waals surface area contributed by atoms with Gasteiger partial charge in [0.05, 0.1) is 6.07 Å². The first-order valence-corrected chi connectivity index (χ1v) is 5.72. The van der Waals surface area contributed by atoms with Crippen LogP contribution in [0.5, 0.6) is 5.75 Å². The topological polar surface area (TPSA) is 85.2 Å². The Kier molecular flexibility index (Phi) is 5.15. The molecule has 0 aromatic heterocycles.